The van der Waals surface area contributed by atoms with E-state index in [0.29, 0.717) is 16.7 Å². The van der Waals surface area contributed by atoms with E-state index < -0.39 is 5.97 Å². The summed E-state index contributed by atoms with van der Waals surface area (Å²) in [4.78, 5) is 11.5. The molecule has 6 heteroatoms. The fraction of sp³-hybridized carbons (Fsp3) is 0.0667. The molecule has 0 aliphatic carbocycles. The number of carboxylic acids is 1. The van der Waals surface area contributed by atoms with Crippen LogP contribution >= 0.6 is 0 Å². The molecule has 0 saturated carbocycles. The number of aromatic hydroxyl groups is 1. The van der Waals surface area contributed by atoms with Gasteiger partial charge in [0.15, 0.2) is 6.61 Å². The van der Waals surface area contributed by atoms with Gasteiger partial charge in [0, 0.05) is 11.5 Å². The molecule has 0 fully saturated rings. The number of hydrogen-bond acceptors (Lipinski definition) is 4. The van der Waals surface area contributed by atoms with Crippen molar-refractivity contribution in [3.05, 3.63) is 42.1 Å². The van der Waals surface area contributed by atoms with Crippen molar-refractivity contribution in [1.82, 2.24) is 4.40 Å². The van der Waals surface area contributed by atoms with E-state index in [1.165, 1.54) is 6.07 Å². The first-order valence-electron chi connectivity index (χ1n) is 6.12. The molecule has 0 spiro atoms. The summed E-state index contributed by atoms with van der Waals surface area (Å²) in [5, 5.41) is 28.6. The Labute approximate surface area is 119 Å². The molecule has 0 aliphatic heterocycles. The summed E-state index contributed by atoms with van der Waals surface area (Å²) in [7, 11) is 0. The van der Waals surface area contributed by atoms with Crippen LogP contribution in [0.4, 0.5) is 0 Å². The van der Waals surface area contributed by atoms with Crippen LogP contribution in [-0.2, 0) is 0 Å². The van der Waals surface area contributed by atoms with Crippen molar-refractivity contribution in [2.45, 2.75) is 0 Å². The minimum absolute atomic E-state index is 0.0370. The molecule has 2 heterocycles. The first kappa shape index (κ1) is 12.8. The van der Waals surface area contributed by atoms with Gasteiger partial charge in [0.05, 0.1) is 17.3 Å². The van der Waals surface area contributed by atoms with Gasteiger partial charge in [-0.1, -0.05) is 18.2 Å². The largest absolute Gasteiger partial charge is 0.506 e. The van der Waals surface area contributed by atoms with Crippen molar-refractivity contribution in [3.8, 4) is 17.6 Å². The van der Waals surface area contributed by atoms with Crippen molar-refractivity contribution in [3.63, 3.8) is 0 Å². The van der Waals surface area contributed by atoms with E-state index >= 15 is 0 Å². The van der Waals surface area contributed by atoms with Gasteiger partial charge in [0.25, 0.3) is 0 Å². The number of fused-ring (bicyclic) bond motifs is 3. The van der Waals surface area contributed by atoms with Crippen LogP contribution in [0.15, 0.2) is 36.5 Å². The minimum Gasteiger partial charge on any atom is -0.506 e. The van der Waals surface area contributed by atoms with E-state index in [0.717, 1.165) is 0 Å². The maximum atomic E-state index is 11.5. The molecule has 2 aromatic heterocycles. The topological polar surface area (TPSA) is 95.0 Å². The van der Waals surface area contributed by atoms with Crippen LogP contribution < -0.4 is 4.74 Å². The summed E-state index contributed by atoms with van der Waals surface area (Å²) in [5.74, 6) is -1.03. The molecule has 3 rings (SSSR count). The van der Waals surface area contributed by atoms with Gasteiger partial charge in [0.2, 0.25) is 0 Å². The van der Waals surface area contributed by atoms with Gasteiger partial charge in [-0.2, -0.15) is 5.26 Å². The monoisotopic (exact) mass is 282 g/mol. The predicted molar refractivity (Wildman–Crippen MR) is 74.6 cm³/mol. The third-order valence-corrected chi connectivity index (χ3v) is 3.21. The molecule has 0 saturated heterocycles. The SMILES string of the molecule is N#CCOc1cc(O)c2c(C(=O)O)c3ccccc3n2c1. The van der Waals surface area contributed by atoms with E-state index in [9.17, 15) is 15.0 Å². The molecule has 0 radical (unpaired) electrons. The van der Waals surface area contributed by atoms with Crippen LogP contribution in [0.3, 0.4) is 0 Å². The van der Waals surface area contributed by atoms with E-state index in [-0.39, 0.29) is 23.4 Å². The summed E-state index contributed by atoms with van der Waals surface area (Å²) < 4.78 is 6.73. The fourth-order valence-electron chi connectivity index (χ4n) is 2.43. The molecular weight excluding hydrogens is 272 g/mol. The van der Waals surface area contributed by atoms with Crippen LogP contribution in [0.25, 0.3) is 16.4 Å². The average Bonchev–Trinajstić information content (AvgIpc) is 2.80. The van der Waals surface area contributed by atoms with Crippen LogP contribution in [0.2, 0.25) is 0 Å². The maximum Gasteiger partial charge on any atom is 0.338 e. The zero-order chi connectivity index (χ0) is 15.0. The molecule has 0 unspecified atom stereocenters. The standard InChI is InChI=1S/C15H10N2O4/c16-5-6-21-9-7-12(18)14-13(15(19)20)10-3-1-2-4-11(10)17(14)8-9/h1-4,7-8,18H,6H2,(H,19,20). The summed E-state index contributed by atoms with van der Waals surface area (Å²) >= 11 is 0. The number of pyridine rings is 1. The van der Waals surface area contributed by atoms with Crippen molar-refractivity contribution in [2.75, 3.05) is 6.61 Å². The molecular formula is C15H10N2O4. The molecule has 6 nitrogen and oxygen atoms in total. The smallest absolute Gasteiger partial charge is 0.338 e. The number of ether oxygens (including phenoxy) is 1. The number of hydrogen-bond donors (Lipinski definition) is 2. The van der Waals surface area contributed by atoms with Gasteiger partial charge in [-0.05, 0) is 6.07 Å². The molecule has 0 atom stereocenters. The highest BCUT2D eigenvalue weighted by molar-refractivity contribution is 6.12. The molecule has 0 bridgehead atoms. The Balaban J connectivity index is 2.40. The Morgan fingerprint density at radius 2 is 2.14 bits per heavy atom. The highest BCUT2D eigenvalue weighted by Gasteiger charge is 2.20. The van der Waals surface area contributed by atoms with E-state index in [4.69, 9.17) is 10.00 Å². The molecule has 0 aliphatic rings. The van der Waals surface area contributed by atoms with Gasteiger partial charge < -0.3 is 19.4 Å². The minimum atomic E-state index is -1.12. The van der Waals surface area contributed by atoms with Crippen molar-refractivity contribution < 1.29 is 19.7 Å². The number of carbonyl (C=O) groups is 1. The Morgan fingerprint density at radius 1 is 1.38 bits per heavy atom. The van der Waals surface area contributed by atoms with Gasteiger partial charge in [-0.3, -0.25) is 0 Å². The first-order valence-corrected chi connectivity index (χ1v) is 6.12. The Bertz CT molecular complexity index is 905. The summed E-state index contributed by atoms with van der Waals surface area (Å²) in [6.07, 6.45) is 1.56. The van der Waals surface area contributed by atoms with Crippen LogP contribution in [-0.4, -0.2) is 27.2 Å². The van der Waals surface area contributed by atoms with E-state index in [2.05, 4.69) is 0 Å². The summed E-state index contributed by atoms with van der Waals surface area (Å²) in [6.45, 7) is -0.157. The summed E-state index contributed by atoms with van der Waals surface area (Å²) in [5.41, 5.74) is 0.880. The number of benzene rings is 1. The molecule has 104 valence electrons. The lowest BCUT2D eigenvalue weighted by Crippen LogP contribution is -1.98. The predicted octanol–water partition coefficient (Wildman–Crippen LogP) is 2.40. The highest BCUT2D eigenvalue weighted by Crippen LogP contribution is 2.34. The lowest BCUT2D eigenvalue weighted by atomic mass is 10.1. The third kappa shape index (κ3) is 1.92. The Morgan fingerprint density at radius 3 is 2.86 bits per heavy atom. The molecule has 21 heavy (non-hydrogen) atoms. The molecule has 2 N–H and O–H groups in total. The van der Waals surface area contributed by atoms with Gasteiger partial charge in [0.1, 0.15) is 23.1 Å². The maximum absolute atomic E-state index is 11.5. The molecule has 3 aromatic rings. The number of aromatic carboxylic acids is 1. The lowest BCUT2D eigenvalue weighted by molar-refractivity contribution is 0.0700. The number of rotatable bonds is 3. The second kappa shape index (κ2) is 4.72. The van der Waals surface area contributed by atoms with Gasteiger partial charge in [-0.25, -0.2) is 4.79 Å². The highest BCUT2D eigenvalue weighted by atomic mass is 16.5. The fourth-order valence-corrected chi connectivity index (χ4v) is 2.43. The van der Waals surface area contributed by atoms with E-state index in [1.54, 1.807) is 34.9 Å². The molecule has 0 amide bonds. The second-order valence-electron chi connectivity index (χ2n) is 4.42. The lowest BCUT2D eigenvalue weighted by Gasteiger charge is -2.06. The van der Waals surface area contributed by atoms with Crippen LogP contribution in [0.5, 0.6) is 11.5 Å². The summed E-state index contributed by atoms with van der Waals surface area (Å²) in [6, 6.07) is 10.1. The van der Waals surface area contributed by atoms with E-state index in [1.807, 2.05) is 6.07 Å². The third-order valence-electron chi connectivity index (χ3n) is 3.21. The van der Waals surface area contributed by atoms with Crippen molar-refractivity contribution in [2.24, 2.45) is 0 Å². The number of nitriles is 1. The molecule has 1 aromatic carbocycles. The van der Waals surface area contributed by atoms with Crippen molar-refractivity contribution >= 4 is 22.4 Å². The van der Waals surface area contributed by atoms with Crippen LogP contribution in [0.1, 0.15) is 10.4 Å². The Hall–Kier alpha value is -3.20. The van der Waals surface area contributed by atoms with Gasteiger partial charge >= 0.3 is 5.97 Å². The quantitative estimate of drug-likeness (QED) is 0.769. The zero-order valence-electron chi connectivity index (χ0n) is 10.8. The van der Waals surface area contributed by atoms with Gasteiger partial charge in [-0.15, -0.1) is 0 Å². The number of nitrogens with zero attached hydrogens (tertiary/aromatic N) is 2. The van der Waals surface area contributed by atoms with Crippen LogP contribution in [0, 0.1) is 11.3 Å². The number of aromatic nitrogens is 1. The zero-order valence-corrected chi connectivity index (χ0v) is 10.8. The number of para-hydroxylation sites is 1. The normalized spacial score (nSPS) is 10.6. The Kier molecular flexibility index (Phi) is 2.88. The second-order valence-corrected chi connectivity index (χ2v) is 4.42. The van der Waals surface area contributed by atoms with Crippen molar-refractivity contribution in [1.29, 1.82) is 5.26 Å². The number of carboxylic acid groups (broad SMARTS) is 1. The average molecular weight is 282 g/mol. The first-order chi connectivity index (χ1) is 10.1.